The Hall–Kier alpha value is -4.31. The highest BCUT2D eigenvalue weighted by Gasteiger charge is 2.26. The van der Waals surface area contributed by atoms with E-state index in [9.17, 15) is 14.0 Å². The number of carbonyl (C=O) groups is 1. The van der Waals surface area contributed by atoms with Crippen LogP contribution in [0.5, 0.6) is 0 Å². The molecule has 0 aliphatic carbocycles. The lowest BCUT2D eigenvalue weighted by Gasteiger charge is -2.32. The van der Waals surface area contributed by atoms with Crippen molar-refractivity contribution in [3.8, 4) is 5.69 Å². The van der Waals surface area contributed by atoms with E-state index in [-0.39, 0.29) is 17.2 Å². The molecule has 0 spiro atoms. The highest BCUT2D eigenvalue weighted by atomic mass is 19.1. The molecule has 1 atom stereocenters. The van der Waals surface area contributed by atoms with E-state index in [1.807, 2.05) is 23.8 Å². The minimum Gasteiger partial charge on any atom is -0.465 e. The van der Waals surface area contributed by atoms with Crippen molar-refractivity contribution in [2.45, 2.75) is 32.7 Å². The minimum absolute atomic E-state index is 0.00910. The summed E-state index contributed by atoms with van der Waals surface area (Å²) < 4.78 is 38.0. The lowest BCUT2D eigenvalue weighted by atomic mass is 9.93. The molecular formula is C31H31F2N5O3. The number of nitrogens with zero attached hydrogens (tertiary/aromatic N) is 4. The number of methoxy groups -OCH3 is 1. The third kappa shape index (κ3) is 4.42. The van der Waals surface area contributed by atoms with E-state index in [1.165, 1.54) is 23.9 Å². The van der Waals surface area contributed by atoms with Gasteiger partial charge in [0.2, 0.25) is 0 Å². The van der Waals surface area contributed by atoms with Crippen LogP contribution in [-0.4, -0.2) is 51.7 Å². The zero-order chi connectivity index (χ0) is 29.0. The number of benzene rings is 1. The molecule has 3 aromatic heterocycles. The molecule has 2 aliphatic heterocycles. The molecule has 1 N–H and O–H groups in total. The number of aryl methyl sites for hydroxylation is 2. The van der Waals surface area contributed by atoms with Gasteiger partial charge in [-0.2, -0.15) is 0 Å². The molecule has 212 valence electrons. The van der Waals surface area contributed by atoms with Crippen LogP contribution in [0.25, 0.3) is 22.3 Å². The molecule has 6 rings (SSSR count). The minimum atomic E-state index is -0.563. The zero-order valence-corrected chi connectivity index (χ0v) is 23.4. The molecule has 0 saturated carbocycles. The first kappa shape index (κ1) is 26.9. The number of hydrogen-bond acceptors (Lipinski definition) is 6. The van der Waals surface area contributed by atoms with Gasteiger partial charge in [0.1, 0.15) is 11.5 Å². The summed E-state index contributed by atoms with van der Waals surface area (Å²) >= 11 is 0. The number of pyridine rings is 2. The van der Waals surface area contributed by atoms with E-state index in [0.717, 1.165) is 16.7 Å². The molecule has 2 aliphatic rings. The molecule has 0 saturated heterocycles. The molecule has 0 amide bonds. The van der Waals surface area contributed by atoms with Crippen LogP contribution in [0.1, 0.15) is 52.1 Å². The van der Waals surface area contributed by atoms with Gasteiger partial charge in [0.25, 0.3) is 5.56 Å². The summed E-state index contributed by atoms with van der Waals surface area (Å²) in [5.74, 6) is -1.44. The number of fused-ring (bicyclic) bond motifs is 2. The van der Waals surface area contributed by atoms with Gasteiger partial charge in [0.15, 0.2) is 5.82 Å². The van der Waals surface area contributed by atoms with Crippen molar-refractivity contribution >= 4 is 28.3 Å². The molecule has 0 bridgehead atoms. The van der Waals surface area contributed by atoms with Crippen LogP contribution in [0, 0.1) is 18.6 Å². The molecule has 0 radical (unpaired) electrons. The number of carbonyl (C=O) groups excluding carboxylic acids is 1. The van der Waals surface area contributed by atoms with Crippen molar-refractivity contribution in [3.05, 3.63) is 92.7 Å². The lowest BCUT2D eigenvalue weighted by molar-refractivity contribution is 0.0600. The van der Waals surface area contributed by atoms with Gasteiger partial charge >= 0.3 is 5.97 Å². The number of hydrogen-bond donors (Lipinski definition) is 1. The van der Waals surface area contributed by atoms with Crippen molar-refractivity contribution in [1.29, 1.82) is 0 Å². The summed E-state index contributed by atoms with van der Waals surface area (Å²) in [5.41, 5.74) is 5.15. The number of ether oxygens (including phenoxy) is 1. The van der Waals surface area contributed by atoms with Gasteiger partial charge in [-0.05, 0) is 62.1 Å². The number of aromatic nitrogens is 3. The van der Waals surface area contributed by atoms with Crippen molar-refractivity contribution in [2.75, 3.05) is 32.1 Å². The van der Waals surface area contributed by atoms with Crippen LogP contribution in [-0.2, 0) is 18.2 Å². The summed E-state index contributed by atoms with van der Waals surface area (Å²) in [7, 11) is 3.22. The Morgan fingerprint density at radius 2 is 1.98 bits per heavy atom. The third-order valence-electron chi connectivity index (χ3n) is 8.39. The van der Waals surface area contributed by atoms with Crippen molar-refractivity contribution in [1.82, 2.24) is 19.0 Å². The number of halogens is 2. The van der Waals surface area contributed by atoms with Gasteiger partial charge in [-0.1, -0.05) is 6.08 Å². The second-order valence-corrected chi connectivity index (χ2v) is 10.7. The predicted octanol–water partition coefficient (Wildman–Crippen LogP) is 4.92. The standard InChI is InChI=1S/C31H31F2N5O3/c1-17-13-20(31(40)41-4)14-23(32)27(17)19-7-11-37(12-8-19)18(2)26-15-22-25(6-10-35-29(22)36(26)3)38-16-24(33)28-21(30(38)39)5-9-34-28/h6-7,10,13-16,18,34H,5,8-9,11-12H2,1-4H3/t18-/m0/s1. The van der Waals surface area contributed by atoms with E-state index in [2.05, 4.69) is 22.1 Å². The highest BCUT2D eigenvalue weighted by molar-refractivity contribution is 5.90. The molecule has 0 unspecified atom stereocenters. The Labute approximate surface area is 235 Å². The topological polar surface area (TPSA) is 81.4 Å². The van der Waals surface area contributed by atoms with Crippen LogP contribution in [0.15, 0.2) is 47.5 Å². The van der Waals surface area contributed by atoms with Crippen LogP contribution < -0.4 is 10.9 Å². The van der Waals surface area contributed by atoms with E-state index < -0.39 is 17.6 Å². The Morgan fingerprint density at radius 3 is 2.68 bits per heavy atom. The fourth-order valence-corrected chi connectivity index (χ4v) is 6.22. The van der Waals surface area contributed by atoms with Gasteiger partial charge in [-0.3, -0.25) is 14.3 Å². The largest absolute Gasteiger partial charge is 0.465 e. The van der Waals surface area contributed by atoms with E-state index in [1.54, 1.807) is 25.3 Å². The van der Waals surface area contributed by atoms with E-state index >= 15 is 4.39 Å². The van der Waals surface area contributed by atoms with Crippen molar-refractivity contribution in [3.63, 3.8) is 0 Å². The summed E-state index contributed by atoms with van der Waals surface area (Å²) in [6, 6.07) is 6.65. The number of esters is 1. The van der Waals surface area contributed by atoms with Gasteiger partial charge < -0.3 is 14.6 Å². The molecule has 10 heteroatoms. The fourth-order valence-electron chi connectivity index (χ4n) is 6.22. The summed E-state index contributed by atoms with van der Waals surface area (Å²) in [4.78, 5) is 32.0. The summed E-state index contributed by atoms with van der Waals surface area (Å²) in [5, 5.41) is 3.73. The first-order valence-corrected chi connectivity index (χ1v) is 13.6. The van der Waals surface area contributed by atoms with Gasteiger partial charge in [-0.15, -0.1) is 0 Å². The molecule has 41 heavy (non-hydrogen) atoms. The van der Waals surface area contributed by atoms with Crippen LogP contribution in [0.3, 0.4) is 0 Å². The fraction of sp³-hybridized carbons (Fsp3) is 0.323. The molecule has 5 heterocycles. The Balaban J connectivity index is 1.31. The average Bonchev–Trinajstić information content (AvgIpc) is 3.60. The maximum atomic E-state index is 15.1. The number of anilines is 1. The third-order valence-corrected chi connectivity index (χ3v) is 8.39. The average molecular weight is 560 g/mol. The second kappa shape index (κ2) is 10.3. The molecule has 1 aromatic carbocycles. The molecule has 8 nitrogen and oxygen atoms in total. The van der Waals surface area contributed by atoms with Crippen LogP contribution >= 0.6 is 0 Å². The summed E-state index contributed by atoms with van der Waals surface area (Å²) in [6.45, 7) is 5.76. The quantitative estimate of drug-likeness (QED) is 0.350. The first-order valence-electron chi connectivity index (χ1n) is 13.6. The van der Waals surface area contributed by atoms with E-state index in [4.69, 9.17) is 4.74 Å². The lowest BCUT2D eigenvalue weighted by Crippen LogP contribution is -2.32. The van der Waals surface area contributed by atoms with Crippen molar-refractivity contribution < 1.29 is 18.3 Å². The molecule has 4 aromatic rings. The van der Waals surface area contributed by atoms with Crippen molar-refractivity contribution in [2.24, 2.45) is 7.05 Å². The maximum Gasteiger partial charge on any atom is 0.337 e. The van der Waals surface area contributed by atoms with E-state index in [0.29, 0.717) is 66.2 Å². The molecule has 0 fully saturated rings. The second-order valence-electron chi connectivity index (χ2n) is 10.7. The normalized spacial score (nSPS) is 15.9. The first-order chi connectivity index (χ1) is 19.7. The zero-order valence-electron chi connectivity index (χ0n) is 23.4. The smallest absolute Gasteiger partial charge is 0.337 e. The number of nitrogens with one attached hydrogen (secondary N) is 1. The molecular weight excluding hydrogens is 528 g/mol. The Morgan fingerprint density at radius 1 is 1.17 bits per heavy atom. The SMILES string of the molecule is COC(=O)c1cc(C)c(C2=CCN([C@@H](C)c3cc4c(-n5cc(F)c6c(c5=O)CCN6)ccnc4n3C)CC2)c(F)c1. The van der Waals surface area contributed by atoms with Gasteiger partial charge in [0, 0.05) is 61.1 Å². The van der Waals surface area contributed by atoms with Gasteiger partial charge in [-0.25, -0.2) is 18.6 Å². The predicted molar refractivity (Wildman–Crippen MR) is 154 cm³/mol. The Bertz CT molecular complexity index is 1780. The monoisotopic (exact) mass is 559 g/mol. The summed E-state index contributed by atoms with van der Waals surface area (Å²) in [6.07, 6.45) is 6.06. The highest BCUT2D eigenvalue weighted by Crippen LogP contribution is 2.34. The number of rotatable bonds is 5. The van der Waals surface area contributed by atoms with Gasteiger partial charge in [0.05, 0.1) is 30.2 Å². The van der Waals surface area contributed by atoms with Crippen LogP contribution in [0.2, 0.25) is 0 Å². The maximum absolute atomic E-state index is 15.1. The van der Waals surface area contributed by atoms with Crippen LogP contribution in [0.4, 0.5) is 14.5 Å². The Kier molecular flexibility index (Phi) is 6.73.